The highest BCUT2D eigenvalue weighted by Crippen LogP contribution is 2.29. The Hall–Kier alpha value is -1.97. The third-order valence-corrected chi connectivity index (χ3v) is 2.14. The molecule has 0 heterocycles. The van der Waals surface area contributed by atoms with Crippen LogP contribution in [0.1, 0.15) is 12.5 Å². The predicted octanol–water partition coefficient (Wildman–Crippen LogP) is 2.28. The molecule has 0 aromatic heterocycles. The number of ether oxygens (including phenoxy) is 3. The van der Waals surface area contributed by atoms with Crippen molar-refractivity contribution in [2.45, 2.75) is 6.92 Å². The molecular weight excluding hydrogens is 220 g/mol. The van der Waals surface area contributed by atoms with Gasteiger partial charge in [-0.05, 0) is 25.1 Å². The highest BCUT2D eigenvalue weighted by atomic mass is 16.5. The number of carbonyl (C=O) groups is 1. The van der Waals surface area contributed by atoms with E-state index in [9.17, 15) is 4.79 Å². The number of esters is 1. The summed E-state index contributed by atoms with van der Waals surface area (Å²) in [7, 11) is 3.13. The number of carbonyl (C=O) groups excluding carboxylic acids is 1. The molecule has 92 valence electrons. The lowest BCUT2D eigenvalue weighted by Gasteiger charge is -2.09. The van der Waals surface area contributed by atoms with E-state index in [-0.39, 0.29) is 5.97 Å². The average Bonchev–Trinajstić information content (AvgIpc) is 2.36. The zero-order chi connectivity index (χ0) is 12.7. The van der Waals surface area contributed by atoms with E-state index in [1.807, 2.05) is 6.07 Å². The van der Waals surface area contributed by atoms with Crippen molar-refractivity contribution in [3.8, 4) is 11.5 Å². The summed E-state index contributed by atoms with van der Waals surface area (Å²) in [6, 6.07) is 5.42. The van der Waals surface area contributed by atoms with Gasteiger partial charge in [-0.2, -0.15) is 0 Å². The highest BCUT2D eigenvalue weighted by molar-refractivity contribution is 5.88. The van der Waals surface area contributed by atoms with Crippen LogP contribution in [-0.4, -0.2) is 26.8 Å². The van der Waals surface area contributed by atoms with Gasteiger partial charge >= 0.3 is 5.97 Å². The summed E-state index contributed by atoms with van der Waals surface area (Å²) < 4.78 is 15.2. The summed E-state index contributed by atoms with van der Waals surface area (Å²) >= 11 is 0. The number of rotatable bonds is 5. The van der Waals surface area contributed by atoms with Crippen LogP contribution in [0.15, 0.2) is 24.3 Å². The molecule has 1 aromatic carbocycles. The molecule has 0 spiro atoms. The lowest BCUT2D eigenvalue weighted by atomic mass is 10.1. The lowest BCUT2D eigenvalue weighted by Crippen LogP contribution is -1.99. The summed E-state index contributed by atoms with van der Waals surface area (Å²) in [6.07, 6.45) is 2.97. The Morgan fingerprint density at radius 2 is 1.82 bits per heavy atom. The lowest BCUT2D eigenvalue weighted by molar-refractivity contribution is -0.137. The van der Waals surface area contributed by atoms with E-state index in [0.717, 1.165) is 0 Å². The minimum absolute atomic E-state index is 0.353. The van der Waals surface area contributed by atoms with E-state index in [1.54, 1.807) is 39.4 Å². The van der Waals surface area contributed by atoms with Crippen molar-refractivity contribution >= 4 is 12.0 Å². The molecule has 0 aliphatic heterocycles. The van der Waals surface area contributed by atoms with Gasteiger partial charge in [-0.15, -0.1) is 0 Å². The molecule has 1 rings (SSSR count). The van der Waals surface area contributed by atoms with Crippen molar-refractivity contribution in [1.29, 1.82) is 0 Å². The van der Waals surface area contributed by atoms with Crippen LogP contribution in [0, 0.1) is 0 Å². The Kier molecular flexibility index (Phi) is 5.07. The van der Waals surface area contributed by atoms with Gasteiger partial charge in [0.1, 0.15) is 11.5 Å². The van der Waals surface area contributed by atoms with Crippen LogP contribution in [0.3, 0.4) is 0 Å². The van der Waals surface area contributed by atoms with Gasteiger partial charge in [0, 0.05) is 6.08 Å². The molecule has 0 atom stereocenters. The molecule has 0 fully saturated rings. The number of hydrogen-bond acceptors (Lipinski definition) is 4. The first-order chi connectivity index (χ1) is 8.22. The molecule has 0 amide bonds. The standard InChI is InChI=1S/C13H16O4/c1-4-17-13(14)9-8-10-11(15-2)6-5-7-12(10)16-3/h5-9H,4H2,1-3H3. The quantitative estimate of drug-likeness (QED) is 0.581. The van der Waals surface area contributed by atoms with Crippen molar-refractivity contribution < 1.29 is 19.0 Å². The molecule has 17 heavy (non-hydrogen) atoms. The first kappa shape index (κ1) is 13.1. The van der Waals surface area contributed by atoms with E-state index in [4.69, 9.17) is 14.2 Å². The summed E-state index contributed by atoms with van der Waals surface area (Å²) in [6.45, 7) is 2.11. The third kappa shape index (κ3) is 3.52. The van der Waals surface area contributed by atoms with Gasteiger partial charge in [-0.1, -0.05) is 6.07 Å². The van der Waals surface area contributed by atoms with Crippen LogP contribution in [0.4, 0.5) is 0 Å². The van der Waals surface area contributed by atoms with Crippen molar-refractivity contribution in [3.05, 3.63) is 29.8 Å². The molecule has 0 aliphatic carbocycles. The van der Waals surface area contributed by atoms with Gasteiger partial charge in [-0.3, -0.25) is 0 Å². The van der Waals surface area contributed by atoms with Crippen LogP contribution in [0.25, 0.3) is 6.08 Å². The van der Waals surface area contributed by atoms with E-state index in [2.05, 4.69) is 0 Å². The maximum Gasteiger partial charge on any atom is 0.330 e. The molecule has 0 aliphatic rings. The molecule has 0 saturated carbocycles. The molecule has 4 nitrogen and oxygen atoms in total. The SMILES string of the molecule is CCOC(=O)C=Cc1c(OC)cccc1OC. The maximum absolute atomic E-state index is 11.2. The first-order valence-electron chi connectivity index (χ1n) is 5.28. The zero-order valence-corrected chi connectivity index (χ0v) is 10.2. The Labute approximate surface area is 101 Å². The van der Waals surface area contributed by atoms with E-state index in [0.29, 0.717) is 23.7 Å². The van der Waals surface area contributed by atoms with Crippen LogP contribution in [0.5, 0.6) is 11.5 Å². The second kappa shape index (κ2) is 6.58. The van der Waals surface area contributed by atoms with Gasteiger partial charge < -0.3 is 14.2 Å². The Bertz CT molecular complexity index is 388. The Morgan fingerprint density at radius 1 is 1.24 bits per heavy atom. The van der Waals surface area contributed by atoms with E-state index in [1.165, 1.54) is 6.08 Å². The highest BCUT2D eigenvalue weighted by Gasteiger charge is 2.06. The zero-order valence-electron chi connectivity index (χ0n) is 10.2. The summed E-state index contributed by atoms with van der Waals surface area (Å²) in [5.74, 6) is 0.898. The minimum Gasteiger partial charge on any atom is -0.496 e. The second-order valence-corrected chi connectivity index (χ2v) is 3.16. The molecule has 0 radical (unpaired) electrons. The molecule has 1 aromatic rings. The van der Waals surface area contributed by atoms with Gasteiger partial charge in [0.2, 0.25) is 0 Å². The fraction of sp³-hybridized carbons (Fsp3) is 0.308. The van der Waals surface area contributed by atoms with Gasteiger partial charge in [0.25, 0.3) is 0 Å². The van der Waals surface area contributed by atoms with Crippen LogP contribution >= 0.6 is 0 Å². The molecule has 0 saturated heterocycles. The largest absolute Gasteiger partial charge is 0.496 e. The van der Waals surface area contributed by atoms with Gasteiger partial charge in [0.15, 0.2) is 0 Å². The predicted molar refractivity (Wildman–Crippen MR) is 65.2 cm³/mol. The smallest absolute Gasteiger partial charge is 0.330 e. The normalized spacial score (nSPS) is 10.3. The van der Waals surface area contributed by atoms with Crippen LogP contribution < -0.4 is 9.47 Å². The molecule has 0 N–H and O–H groups in total. The summed E-state index contributed by atoms with van der Waals surface area (Å²) in [5.41, 5.74) is 0.713. The van der Waals surface area contributed by atoms with Gasteiger partial charge in [0.05, 0.1) is 26.4 Å². The molecular formula is C13H16O4. The van der Waals surface area contributed by atoms with Crippen molar-refractivity contribution in [2.75, 3.05) is 20.8 Å². The minimum atomic E-state index is -0.388. The number of benzene rings is 1. The Balaban J connectivity index is 2.99. The van der Waals surface area contributed by atoms with Crippen molar-refractivity contribution in [3.63, 3.8) is 0 Å². The van der Waals surface area contributed by atoms with E-state index >= 15 is 0 Å². The molecule has 4 heteroatoms. The number of hydrogen-bond donors (Lipinski definition) is 0. The number of methoxy groups -OCH3 is 2. The maximum atomic E-state index is 11.2. The topological polar surface area (TPSA) is 44.8 Å². The molecule has 0 unspecified atom stereocenters. The van der Waals surface area contributed by atoms with Crippen molar-refractivity contribution in [2.24, 2.45) is 0 Å². The van der Waals surface area contributed by atoms with E-state index < -0.39 is 0 Å². The third-order valence-electron chi connectivity index (χ3n) is 2.14. The van der Waals surface area contributed by atoms with Crippen LogP contribution in [-0.2, 0) is 9.53 Å². The van der Waals surface area contributed by atoms with Crippen LogP contribution in [0.2, 0.25) is 0 Å². The first-order valence-corrected chi connectivity index (χ1v) is 5.28. The Morgan fingerprint density at radius 3 is 2.29 bits per heavy atom. The average molecular weight is 236 g/mol. The molecule has 0 bridgehead atoms. The fourth-order valence-electron chi connectivity index (χ4n) is 1.39. The van der Waals surface area contributed by atoms with Crippen molar-refractivity contribution in [1.82, 2.24) is 0 Å². The fourth-order valence-corrected chi connectivity index (χ4v) is 1.39. The second-order valence-electron chi connectivity index (χ2n) is 3.16. The van der Waals surface area contributed by atoms with Gasteiger partial charge in [-0.25, -0.2) is 4.79 Å². The summed E-state index contributed by atoms with van der Waals surface area (Å²) in [5, 5.41) is 0. The monoisotopic (exact) mass is 236 g/mol. The summed E-state index contributed by atoms with van der Waals surface area (Å²) in [4.78, 5) is 11.2.